The molecule has 1 aliphatic heterocycles. The average molecular weight is 212 g/mol. The largest absolute Gasteiger partial charge is 0.356 e. The zero-order valence-corrected chi connectivity index (χ0v) is 10.3. The number of nitrogens with one attached hydrogen (secondary N) is 1. The van der Waals surface area contributed by atoms with Gasteiger partial charge in [-0.1, -0.05) is 13.8 Å². The van der Waals surface area contributed by atoms with Crippen LogP contribution in [0.2, 0.25) is 0 Å². The molecule has 0 aromatic carbocycles. The molecule has 88 valence electrons. The predicted molar refractivity (Wildman–Crippen MR) is 62.7 cm³/mol. The summed E-state index contributed by atoms with van der Waals surface area (Å²) >= 11 is 0. The number of amides is 1. The highest BCUT2D eigenvalue weighted by molar-refractivity contribution is 5.78. The van der Waals surface area contributed by atoms with E-state index >= 15 is 0 Å². The van der Waals surface area contributed by atoms with E-state index in [2.05, 4.69) is 24.1 Å². The number of nitrogens with zero attached hydrogens (tertiary/aromatic N) is 1. The lowest BCUT2D eigenvalue weighted by molar-refractivity contribution is -0.126. The first-order chi connectivity index (χ1) is 7.13. The second-order valence-corrected chi connectivity index (χ2v) is 4.86. The number of piperidine rings is 1. The smallest absolute Gasteiger partial charge is 0.223 e. The minimum Gasteiger partial charge on any atom is -0.356 e. The summed E-state index contributed by atoms with van der Waals surface area (Å²) in [6, 6.07) is 0. The third kappa shape index (κ3) is 4.20. The molecule has 1 heterocycles. The molecule has 0 unspecified atom stereocenters. The Hall–Kier alpha value is -0.570. The van der Waals surface area contributed by atoms with Gasteiger partial charge in [0.2, 0.25) is 5.91 Å². The lowest BCUT2D eigenvalue weighted by atomic mass is 9.95. The molecular formula is C12H24N2O. The number of hydrogen-bond donors (Lipinski definition) is 1. The van der Waals surface area contributed by atoms with E-state index in [1.54, 1.807) is 0 Å². The van der Waals surface area contributed by atoms with E-state index in [1.807, 2.05) is 6.92 Å². The van der Waals surface area contributed by atoms with Crippen LogP contribution in [0.15, 0.2) is 0 Å². The Bertz CT molecular complexity index is 196. The third-order valence-electron chi connectivity index (χ3n) is 2.93. The number of rotatable bonds is 4. The van der Waals surface area contributed by atoms with Crippen molar-refractivity contribution in [1.29, 1.82) is 0 Å². The van der Waals surface area contributed by atoms with Gasteiger partial charge >= 0.3 is 0 Å². The molecule has 0 atom stereocenters. The Morgan fingerprint density at radius 2 is 2.00 bits per heavy atom. The van der Waals surface area contributed by atoms with E-state index in [0.717, 1.165) is 38.4 Å². The van der Waals surface area contributed by atoms with Gasteiger partial charge < -0.3 is 10.2 Å². The minimum absolute atomic E-state index is 0.252. The molecule has 1 N–H and O–H groups in total. The summed E-state index contributed by atoms with van der Waals surface area (Å²) in [5.41, 5.74) is 0. The van der Waals surface area contributed by atoms with Crippen molar-refractivity contribution in [2.45, 2.75) is 33.6 Å². The first-order valence-electron chi connectivity index (χ1n) is 6.13. The van der Waals surface area contributed by atoms with Crippen LogP contribution in [0.4, 0.5) is 0 Å². The van der Waals surface area contributed by atoms with Crippen molar-refractivity contribution in [2.75, 3.05) is 26.2 Å². The molecule has 1 fully saturated rings. The van der Waals surface area contributed by atoms with Crippen molar-refractivity contribution in [3.63, 3.8) is 0 Å². The number of likely N-dealkylation sites (tertiary alicyclic amines) is 1. The van der Waals surface area contributed by atoms with Crippen LogP contribution in [0.25, 0.3) is 0 Å². The van der Waals surface area contributed by atoms with Gasteiger partial charge in [0, 0.05) is 19.0 Å². The quantitative estimate of drug-likeness (QED) is 0.766. The number of carbonyl (C=O) groups is 1. The van der Waals surface area contributed by atoms with E-state index in [1.165, 1.54) is 6.54 Å². The summed E-state index contributed by atoms with van der Waals surface area (Å²) in [5.74, 6) is 1.24. The van der Waals surface area contributed by atoms with Gasteiger partial charge in [-0.15, -0.1) is 0 Å². The zero-order chi connectivity index (χ0) is 11.3. The van der Waals surface area contributed by atoms with Gasteiger partial charge in [-0.2, -0.15) is 0 Å². The van der Waals surface area contributed by atoms with Crippen LogP contribution in [0.1, 0.15) is 33.6 Å². The normalized spacial score (nSPS) is 19.5. The van der Waals surface area contributed by atoms with Crippen LogP contribution >= 0.6 is 0 Å². The molecule has 0 saturated carbocycles. The van der Waals surface area contributed by atoms with Crippen LogP contribution in [-0.2, 0) is 4.79 Å². The summed E-state index contributed by atoms with van der Waals surface area (Å²) in [5, 5.41) is 2.91. The van der Waals surface area contributed by atoms with Crippen molar-refractivity contribution in [3.8, 4) is 0 Å². The van der Waals surface area contributed by atoms with Crippen LogP contribution in [0, 0.1) is 11.8 Å². The molecule has 1 saturated heterocycles. The number of hydrogen-bond acceptors (Lipinski definition) is 2. The molecule has 0 radical (unpaired) electrons. The molecule has 0 spiro atoms. The summed E-state index contributed by atoms with van der Waals surface area (Å²) in [6.07, 6.45) is 2.05. The van der Waals surface area contributed by atoms with E-state index in [4.69, 9.17) is 0 Å². The summed E-state index contributed by atoms with van der Waals surface area (Å²) < 4.78 is 0. The Kier molecular flexibility index (Phi) is 5.09. The second kappa shape index (κ2) is 6.11. The highest BCUT2D eigenvalue weighted by atomic mass is 16.1. The van der Waals surface area contributed by atoms with Crippen LogP contribution < -0.4 is 5.32 Å². The van der Waals surface area contributed by atoms with Crippen LogP contribution in [0.5, 0.6) is 0 Å². The molecule has 0 bridgehead atoms. The fourth-order valence-corrected chi connectivity index (χ4v) is 2.21. The molecule has 0 aliphatic carbocycles. The first-order valence-corrected chi connectivity index (χ1v) is 6.13. The Balaban J connectivity index is 2.26. The minimum atomic E-state index is 0.252. The molecular weight excluding hydrogens is 188 g/mol. The molecule has 3 heteroatoms. The van der Waals surface area contributed by atoms with Crippen molar-refractivity contribution in [2.24, 2.45) is 11.8 Å². The molecule has 1 rings (SSSR count). The number of carbonyl (C=O) groups excluding carboxylic acids is 1. The van der Waals surface area contributed by atoms with E-state index < -0.39 is 0 Å². The highest BCUT2D eigenvalue weighted by Crippen LogP contribution is 2.17. The monoisotopic (exact) mass is 212 g/mol. The molecule has 0 aromatic rings. The summed E-state index contributed by atoms with van der Waals surface area (Å²) in [7, 11) is 0. The molecule has 0 aromatic heterocycles. The van der Waals surface area contributed by atoms with Gasteiger partial charge in [-0.3, -0.25) is 4.79 Å². The second-order valence-electron chi connectivity index (χ2n) is 4.86. The van der Waals surface area contributed by atoms with Gasteiger partial charge in [0.15, 0.2) is 0 Å². The molecule has 15 heavy (non-hydrogen) atoms. The Morgan fingerprint density at radius 3 is 2.47 bits per heavy atom. The van der Waals surface area contributed by atoms with Crippen molar-refractivity contribution >= 4 is 5.91 Å². The maximum absolute atomic E-state index is 11.6. The van der Waals surface area contributed by atoms with Crippen molar-refractivity contribution in [3.05, 3.63) is 0 Å². The fourth-order valence-electron chi connectivity index (χ4n) is 2.21. The van der Waals surface area contributed by atoms with E-state index in [9.17, 15) is 4.79 Å². The zero-order valence-electron chi connectivity index (χ0n) is 10.3. The average Bonchev–Trinajstić information content (AvgIpc) is 2.18. The van der Waals surface area contributed by atoms with Gasteiger partial charge in [0.05, 0.1) is 0 Å². The van der Waals surface area contributed by atoms with Crippen molar-refractivity contribution < 1.29 is 4.79 Å². The third-order valence-corrected chi connectivity index (χ3v) is 2.93. The summed E-state index contributed by atoms with van der Waals surface area (Å²) in [4.78, 5) is 14.1. The lowest BCUT2D eigenvalue weighted by Crippen LogP contribution is -2.41. The molecule has 1 aliphatic rings. The van der Waals surface area contributed by atoms with Gasteiger partial charge in [-0.05, 0) is 38.8 Å². The SMILES string of the molecule is CCNC(=O)C1CCN(CC(C)C)CC1. The Labute approximate surface area is 93.2 Å². The van der Waals surface area contributed by atoms with Gasteiger partial charge in [0.1, 0.15) is 0 Å². The molecule has 3 nitrogen and oxygen atoms in total. The molecule has 1 amide bonds. The van der Waals surface area contributed by atoms with E-state index in [0.29, 0.717) is 0 Å². The predicted octanol–water partition coefficient (Wildman–Crippen LogP) is 1.49. The lowest BCUT2D eigenvalue weighted by Gasteiger charge is -2.32. The first kappa shape index (κ1) is 12.5. The maximum atomic E-state index is 11.6. The highest BCUT2D eigenvalue weighted by Gasteiger charge is 2.24. The standard InChI is InChI=1S/C12H24N2O/c1-4-13-12(15)11-5-7-14(8-6-11)9-10(2)3/h10-11H,4-9H2,1-3H3,(H,13,15). The maximum Gasteiger partial charge on any atom is 0.223 e. The van der Waals surface area contributed by atoms with Gasteiger partial charge in [-0.25, -0.2) is 0 Å². The van der Waals surface area contributed by atoms with E-state index in [-0.39, 0.29) is 11.8 Å². The van der Waals surface area contributed by atoms with Gasteiger partial charge in [0.25, 0.3) is 0 Å². The summed E-state index contributed by atoms with van der Waals surface area (Å²) in [6.45, 7) is 10.6. The van der Waals surface area contributed by atoms with Crippen LogP contribution in [-0.4, -0.2) is 37.0 Å². The Morgan fingerprint density at radius 1 is 1.40 bits per heavy atom. The van der Waals surface area contributed by atoms with Crippen LogP contribution in [0.3, 0.4) is 0 Å². The van der Waals surface area contributed by atoms with Crippen molar-refractivity contribution in [1.82, 2.24) is 10.2 Å². The topological polar surface area (TPSA) is 32.3 Å². The fraction of sp³-hybridized carbons (Fsp3) is 0.917.